The van der Waals surface area contributed by atoms with Gasteiger partial charge in [0.05, 0.1) is 13.3 Å². The summed E-state index contributed by atoms with van der Waals surface area (Å²) in [7, 11) is 1.67. The Morgan fingerprint density at radius 1 is 1.25 bits per heavy atom. The first-order valence-corrected chi connectivity index (χ1v) is 7.17. The monoisotopic (exact) mass is 268 g/mol. The number of hydrogen-bond acceptors (Lipinski definition) is 3. The van der Waals surface area contributed by atoms with E-state index < -0.39 is 0 Å². The summed E-state index contributed by atoms with van der Waals surface area (Å²) in [6.45, 7) is 3.18. The average molecular weight is 268 g/mol. The lowest BCUT2D eigenvalue weighted by atomic mass is 10.0. The van der Waals surface area contributed by atoms with E-state index in [9.17, 15) is 0 Å². The van der Waals surface area contributed by atoms with E-state index in [4.69, 9.17) is 4.74 Å². The minimum atomic E-state index is 0.521. The van der Waals surface area contributed by atoms with Crippen LogP contribution in [0.5, 0.6) is 5.75 Å². The highest BCUT2D eigenvalue weighted by Gasteiger charge is 2.21. The van der Waals surface area contributed by atoms with Crippen LogP contribution in [0.25, 0.3) is 11.1 Å². The van der Waals surface area contributed by atoms with Crippen LogP contribution in [-0.2, 0) is 6.42 Å². The molecular formula is C17H20N2O. The molecule has 1 aromatic carbocycles. The molecule has 0 fully saturated rings. The minimum absolute atomic E-state index is 0.521. The Bertz CT molecular complexity index is 610. The van der Waals surface area contributed by atoms with Crippen molar-refractivity contribution in [3.8, 4) is 16.9 Å². The van der Waals surface area contributed by atoms with E-state index in [0.29, 0.717) is 6.04 Å². The summed E-state index contributed by atoms with van der Waals surface area (Å²) < 4.78 is 5.25. The van der Waals surface area contributed by atoms with Gasteiger partial charge in [-0.05, 0) is 42.1 Å². The third-order valence-electron chi connectivity index (χ3n) is 3.95. The van der Waals surface area contributed by atoms with Crippen LogP contribution in [0, 0.1) is 0 Å². The molecule has 2 aromatic rings. The maximum atomic E-state index is 5.25. The first kappa shape index (κ1) is 13.1. The van der Waals surface area contributed by atoms with Crippen LogP contribution >= 0.6 is 0 Å². The highest BCUT2D eigenvalue weighted by Crippen LogP contribution is 2.34. The minimum Gasteiger partial charge on any atom is -0.495 e. The largest absolute Gasteiger partial charge is 0.495 e. The van der Waals surface area contributed by atoms with Gasteiger partial charge in [-0.3, -0.25) is 4.98 Å². The van der Waals surface area contributed by atoms with Crippen molar-refractivity contribution >= 4 is 0 Å². The van der Waals surface area contributed by atoms with Gasteiger partial charge in [0, 0.05) is 17.8 Å². The van der Waals surface area contributed by atoms with Crippen molar-refractivity contribution in [1.82, 2.24) is 10.3 Å². The number of fused-ring (bicyclic) bond motifs is 1. The van der Waals surface area contributed by atoms with Crippen LogP contribution in [0.4, 0.5) is 0 Å². The Balaban J connectivity index is 1.93. The fourth-order valence-corrected chi connectivity index (χ4v) is 2.94. The van der Waals surface area contributed by atoms with Crippen molar-refractivity contribution in [1.29, 1.82) is 0 Å². The number of ether oxygens (including phenoxy) is 1. The van der Waals surface area contributed by atoms with E-state index in [2.05, 4.69) is 35.4 Å². The van der Waals surface area contributed by atoms with Gasteiger partial charge in [-0.25, -0.2) is 0 Å². The molecule has 1 unspecified atom stereocenters. The lowest BCUT2D eigenvalue weighted by Crippen LogP contribution is -2.18. The van der Waals surface area contributed by atoms with Crippen LogP contribution < -0.4 is 10.1 Å². The summed E-state index contributed by atoms with van der Waals surface area (Å²) in [5.41, 5.74) is 5.23. The number of aromatic nitrogens is 1. The van der Waals surface area contributed by atoms with Gasteiger partial charge in [-0.1, -0.05) is 25.1 Å². The summed E-state index contributed by atoms with van der Waals surface area (Å²) in [5, 5.41) is 3.55. The summed E-state index contributed by atoms with van der Waals surface area (Å²) in [6, 6.07) is 9.29. The molecule has 0 aliphatic heterocycles. The Labute approximate surface area is 120 Å². The zero-order chi connectivity index (χ0) is 13.9. The molecule has 20 heavy (non-hydrogen) atoms. The Morgan fingerprint density at radius 3 is 2.95 bits per heavy atom. The van der Waals surface area contributed by atoms with Gasteiger partial charge >= 0.3 is 0 Å². The van der Waals surface area contributed by atoms with Crippen LogP contribution in [0.15, 0.2) is 36.7 Å². The number of benzene rings is 1. The van der Waals surface area contributed by atoms with E-state index in [1.165, 1.54) is 23.1 Å². The summed E-state index contributed by atoms with van der Waals surface area (Å²) in [5.74, 6) is 0.800. The summed E-state index contributed by atoms with van der Waals surface area (Å²) >= 11 is 0. The van der Waals surface area contributed by atoms with Gasteiger partial charge in [0.15, 0.2) is 0 Å². The number of nitrogens with zero attached hydrogens (tertiary/aromatic N) is 1. The van der Waals surface area contributed by atoms with Crippen molar-refractivity contribution in [2.75, 3.05) is 13.7 Å². The molecule has 1 aromatic heterocycles. The molecule has 0 radical (unpaired) electrons. The number of rotatable bonds is 4. The molecule has 3 nitrogen and oxygen atoms in total. The van der Waals surface area contributed by atoms with E-state index in [1.54, 1.807) is 13.3 Å². The zero-order valence-electron chi connectivity index (χ0n) is 12.0. The predicted octanol–water partition coefficient (Wildman–Crippen LogP) is 3.35. The van der Waals surface area contributed by atoms with Gasteiger partial charge in [0.1, 0.15) is 5.75 Å². The lowest BCUT2D eigenvalue weighted by Gasteiger charge is -2.13. The predicted molar refractivity (Wildman–Crippen MR) is 81.0 cm³/mol. The molecule has 3 rings (SSSR count). The first-order chi connectivity index (χ1) is 9.81. The highest BCUT2D eigenvalue weighted by molar-refractivity contribution is 5.66. The molecule has 3 heteroatoms. The quantitative estimate of drug-likeness (QED) is 0.923. The molecule has 0 saturated carbocycles. The molecule has 1 aliphatic carbocycles. The Kier molecular flexibility index (Phi) is 3.70. The van der Waals surface area contributed by atoms with Crippen molar-refractivity contribution in [3.05, 3.63) is 47.8 Å². The fourth-order valence-electron chi connectivity index (χ4n) is 2.94. The highest BCUT2D eigenvalue weighted by atomic mass is 16.5. The number of pyridine rings is 1. The SMILES string of the molecule is CCNC1CCc2cc(-c3cncc(OC)c3)ccc21. The normalized spacial score (nSPS) is 17.0. The van der Waals surface area contributed by atoms with Crippen molar-refractivity contribution < 1.29 is 4.74 Å². The van der Waals surface area contributed by atoms with Gasteiger partial charge in [0.2, 0.25) is 0 Å². The van der Waals surface area contributed by atoms with Crippen LogP contribution in [0.1, 0.15) is 30.5 Å². The van der Waals surface area contributed by atoms with Gasteiger partial charge in [-0.2, -0.15) is 0 Å². The molecule has 0 spiro atoms. The van der Waals surface area contributed by atoms with E-state index >= 15 is 0 Å². The molecule has 1 aliphatic rings. The van der Waals surface area contributed by atoms with Gasteiger partial charge in [-0.15, -0.1) is 0 Å². The van der Waals surface area contributed by atoms with Gasteiger partial charge < -0.3 is 10.1 Å². The number of nitrogens with one attached hydrogen (secondary N) is 1. The molecule has 0 amide bonds. The zero-order valence-corrected chi connectivity index (χ0v) is 12.0. The second-order valence-electron chi connectivity index (χ2n) is 5.18. The topological polar surface area (TPSA) is 34.2 Å². The van der Waals surface area contributed by atoms with Crippen molar-refractivity contribution in [2.24, 2.45) is 0 Å². The summed E-state index contributed by atoms with van der Waals surface area (Å²) in [4.78, 5) is 4.23. The van der Waals surface area contributed by atoms with Crippen LogP contribution in [0.2, 0.25) is 0 Å². The maximum Gasteiger partial charge on any atom is 0.137 e. The molecule has 104 valence electrons. The smallest absolute Gasteiger partial charge is 0.137 e. The molecule has 1 heterocycles. The average Bonchev–Trinajstić information content (AvgIpc) is 2.90. The molecule has 1 atom stereocenters. The fraction of sp³-hybridized carbons (Fsp3) is 0.353. The van der Waals surface area contributed by atoms with E-state index in [0.717, 1.165) is 24.3 Å². The third kappa shape index (κ3) is 2.41. The van der Waals surface area contributed by atoms with E-state index in [-0.39, 0.29) is 0 Å². The molecule has 0 saturated heterocycles. The number of hydrogen-bond donors (Lipinski definition) is 1. The number of aryl methyl sites for hydroxylation is 1. The van der Waals surface area contributed by atoms with Crippen LogP contribution in [0.3, 0.4) is 0 Å². The third-order valence-corrected chi connectivity index (χ3v) is 3.95. The van der Waals surface area contributed by atoms with Crippen molar-refractivity contribution in [3.63, 3.8) is 0 Å². The Hall–Kier alpha value is -1.87. The lowest BCUT2D eigenvalue weighted by molar-refractivity contribution is 0.413. The second kappa shape index (κ2) is 5.63. The summed E-state index contributed by atoms with van der Waals surface area (Å²) in [6.07, 6.45) is 5.97. The molecule has 1 N–H and O–H groups in total. The van der Waals surface area contributed by atoms with E-state index in [1.807, 2.05) is 12.3 Å². The number of methoxy groups -OCH3 is 1. The Morgan fingerprint density at radius 2 is 2.15 bits per heavy atom. The van der Waals surface area contributed by atoms with Crippen molar-refractivity contribution in [2.45, 2.75) is 25.8 Å². The standard InChI is InChI=1S/C17H20N2O/c1-3-19-17-7-5-13-8-12(4-6-16(13)17)14-9-15(20-2)11-18-10-14/h4,6,8-11,17,19H,3,5,7H2,1-2H3. The maximum absolute atomic E-state index is 5.25. The first-order valence-electron chi connectivity index (χ1n) is 7.17. The molecule has 0 bridgehead atoms. The van der Waals surface area contributed by atoms with Gasteiger partial charge in [0.25, 0.3) is 0 Å². The molecular weight excluding hydrogens is 248 g/mol. The second-order valence-corrected chi connectivity index (χ2v) is 5.18. The van der Waals surface area contributed by atoms with Crippen LogP contribution in [-0.4, -0.2) is 18.6 Å².